The fourth-order valence-corrected chi connectivity index (χ4v) is 1.83. The molecule has 0 aliphatic rings. The smallest absolute Gasteiger partial charge is 0.185 e. The van der Waals surface area contributed by atoms with Gasteiger partial charge in [0.1, 0.15) is 18.1 Å². The fraction of sp³-hybridized carbons (Fsp3) is 0.267. The molecule has 18 heavy (non-hydrogen) atoms. The highest BCUT2D eigenvalue weighted by molar-refractivity contribution is 5.70. The Hall–Kier alpha value is -2.03. The number of benzene rings is 1. The Balaban J connectivity index is 2.15. The number of carbonyl (C=O) groups excluding carboxylic acids is 1. The second-order valence-electron chi connectivity index (χ2n) is 4.36. The Kier molecular flexibility index (Phi) is 3.51. The van der Waals surface area contributed by atoms with Crippen LogP contribution < -0.4 is 4.74 Å². The van der Waals surface area contributed by atoms with Gasteiger partial charge in [-0.15, -0.1) is 0 Å². The van der Waals surface area contributed by atoms with Gasteiger partial charge in [-0.2, -0.15) is 0 Å². The van der Waals surface area contributed by atoms with Crippen LogP contribution in [0.5, 0.6) is 5.75 Å². The topological polar surface area (TPSA) is 39.4 Å². The molecule has 0 bridgehead atoms. The van der Waals surface area contributed by atoms with Crippen LogP contribution in [0.1, 0.15) is 33.0 Å². The number of hydrogen-bond donors (Lipinski definition) is 0. The van der Waals surface area contributed by atoms with Crippen molar-refractivity contribution < 1.29 is 13.9 Å². The van der Waals surface area contributed by atoms with Gasteiger partial charge >= 0.3 is 0 Å². The summed E-state index contributed by atoms with van der Waals surface area (Å²) in [6, 6.07) is 7.51. The van der Waals surface area contributed by atoms with E-state index in [2.05, 4.69) is 13.0 Å². The molecule has 2 rings (SSSR count). The maximum Gasteiger partial charge on any atom is 0.185 e. The molecule has 0 unspecified atom stereocenters. The van der Waals surface area contributed by atoms with Crippen molar-refractivity contribution >= 4 is 6.29 Å². The molecule has 0 saturated carbocycles. The summed E-state index contributed by atoms with van der Waals surface area (Å²) < 4.78 is 11.1. The summed E-state index contributed by atoms with van der Waals surface area (Å²) in [7, 11) is 0. The van der Waals surface area contributed by atoms with Gasteiger partial charge in [0.25, 0.3) is 0 Å². The van der Waals surface area contributed by atoms with Crippen LogP contribution in [0.15, 0.2) is 28.7 Å². The van der Waals surface area contributed by atoms with Crippen LogP contribution in [0.3, 0.4) is 0 Å². The van der Waals surface area contributed by atoms with Crippen molar-refractivity contribution in [3.8, 4) is 5.75 Å². The molecule has 0 aliphatic heterocycles. The number of hydrogen-bond acceptors (Lipinski definition) is 3. The van der Waals surface area contributed by atoms with Crippen molar-refractivity contribution in [3.05, 3.63) is 52.5 Å². The van der Waals surface area contributed by atoms with E-state index in [4.69, 9.17) is 9.15 Å². The summed E-state index contributed by atoms with van der Waals surface area (Å²) in [6.07, 6.45) is 0.687. The minimum Gasteiger partial charge on any atom is -0.485 e. The van der Waals surface area contributed by atoms with E-state index in [-0.39, 0.29) is 0 Å². The molecule has 0 spiro atoms. The Morgan fingerprint density at radius 1 is 1.11 bits per heavy atom. The normalized spacial score (nSPS) is 10.4. The minimum atomic E-state index is 0.325. The molecule has 1 aromatic carbocycles. The molecule has 2 aromatic rings. The van der Waals surface area contributed by atoms with E-state index < -0.39 is 0 Å². The zero-order valence-electron chi connectivity index (χ0n) is 10.8. The molecular formula is C15H16O3. The molecule has 0 saturated heterocycles. The van der Waals surface area contributed by atoms with Gasteiger partial charge in [-0.1, -0.05) is 12.1 Å². The number of aldehydes is 1. The van der Waals surface area contributed by atoms with E-state index in [1.165, 1.54) is 5.56 Å². The lowest BCUT2D eigenvalue weighted by atomic mass is 10.1. The molecular weight excluding hydrogens is 228 g/mol. The molecule has 1 heterocycles. The average Bonchev–Trinajstić information content (AvgIpc) is 2.82. The summed E-state index contributed by atoms with van der Waals surface area (Å²) in [4.78, 5) is 10.5. The summed E-state index contributed by atoms with van der Waals surface area (Å²) in [6.45, 7) is 6.44. The quantitative estimate of drug-likeness (QED) is 0.771. The largest absolute Gasteiger partial charge is 0.485 e. The minimum absolute atomic E-state index is 0.325. The monoisotopic (exact) mass is 244 g/mol. The van der Waals surface area contributed by atoms with Gasteiger partial charge in [-0.3, -0.25) is 4.79 Å². The number of rotatable bonds is 4. The van der Waals surface area contributed by atoms with Gasteiger partial charge < -0.3 is 9.15 Å². The van der Waals surface area contributed by atoms with Crippen LogP contribution in [0.25, 0.3) is 0 Å². The molecule has 0 radical (unpaired) electrons. The Labute approximate surface area is 106 Å². The Morgan fingerprint density at radius 2 is 1.83 bits per heavy atom. The highest BCUT2D eigenvalue weighted by Crippen LogP contribution is 2.26. The van der Waals surface area contributed by atoms with Crippen LogP contribution in [0, 0.1) is 20.8 Å². The molecule has 0 aliphatic carbocycles. The zero-order chi connectivity index (χ0) is 13.1. The van der Waals surface area contributed by atoms with Crippen molar-refractivity contribution in [1.29, 1.82) is 0 Å². The molecule has 3 heteroatoms. The van der Waals surface area contributed by atoms with Crippen LogP contribution in [0.2, 0.25) is 0 Å². The van der Waals surface area contributed by atoms with Crippen LogP contribution in [0.4, 0.5) is 0 Å². The van der Waals surface area contributed by atoms with Crippen LogP contribution >= 0.6 is 0 Å². The molecule has 0 fully saturated rings. The van der Waals surface area contributed by atoms with E-state index in [0.29, 0.717) is 24.4 Å². The van der Waals surface area contributed by atoms with Crippen molar-refractivity contribution in [1.82, 2.24) is 0 Å². The third kappa shape index (κ3) is 2.45. The second-order valence-corrected chi connectivity index (χ2v) is 4.36. The number of aryl methyl sites for hydroxylation is 2. The summed E-state index contributed by atoms with van der Waals surface area (Å²) >= 11 is 0. The number of carbonyl (C=O) groups is 1. The molecule has 94 valence electrons. The molecule has 0 amide bonds. The first-order valence-corrected chi connectivity index (χ1v) is 5.85. The van der Waals surface area contributed by atoms with Crippen LogP contribution in [-0.2, 0) is 6.61 Å². The van der Waals surface area contributed by atoms with Crippen LogP contribution in [-0.4, -0.2) is 6.29 Å². The predicted octanol–water partition coefficient (Wildman–Crippen LogP) is 3.60. The Bertz CT molecular complexity index is 567. The first kappa shape index (κ1) is 12.4. The van der Waals surface area contributed by atoms with Crippen molar-refractivity contribution in [3.63, 3.8) is 0 Å². The lowest BCUT2D eigenvalue weighted by Crippen LogP contribution is -1.99. The maximum absolute atomic E-state index is 10.5. The van der Waals surface area contributed by atoms with Gasteiger partial charge in [-0.25, -0.2) is 0 Å². The summed E-state index contributed by atoms with van der Waals surface area (Å²) in [5, 5.41) is 0. The van der Waals surface area contributed by atoms with E-state index in [1.54, 1.807) is 12.1 Å². The molecule has 0 atom stereocenters. The van der Waals surface area contributed by atoms with Gasteiger partial charge in [0.05, 0.1) is 0 Å². The molecule has 1 aromatic heterocycles. The fourth-order valence-electron chi connectivity index (χ4n) is 1.83. The third-order valence-electron chi connectivity index (χ3n) is 3.03. The van der Waals surface area contributed by atoms with Crippen molar-refractivity contribution in [2.45, 2.75) is 27.4 Å². The van der Waals surface area contributed by atoms with Gasteiger partial charge in [0, 0.05) is 0 Å². The molecule has 3 nitrogen and oxygen atoms in total. The Morgan fingerprint density at radius 3 is 2.50 bits per heavy atom. The summed E-state index contributed by atoms with van der Waals surface area (Å²) in [5.74, 6) is 1.86. The van der Waals surface area contributed by atoms with E-state index in [1.807, 2.05) is 19.9 Å². The van der Waals surface area contributed by atoms with Gasteiger partial charge in [0.2, 0.25) is 0 Å². The standard InChI is InChI=1S/C15H16O3/c1-10-4-5-11(2)15(12(10)3)17-9-14-7-6-13(8-16)18-14/h4-8H,9H2,1-3H3. The van der Waals surface area contributed by atoms with E-state index in [9.17, 15) is 4.79 Å². The van der Waals surface area contributed by atoms with Crippen molar-refractivity contribution in [2.24, 2.45) is 0 Å². The first-order chi connectivity index (χ1) is 8.61. The van der Waals surface area contributed by atoms with E-state index in [0.717, 1.165) is 16.9 Å². The van der Waals surface area contributed by atoms with Gasteiger partial charge in [-0.05, 0) is 49.6 Å². The van der Waals surface area contributed by atoms with Gasteiger partial charge in [0.15, 0.2) is 12.0 Å². The van der Waals surface area contributed by atoms with E-state index >= 15 is 0 Å². The second kappa shape index (κ2) is 5.08. The lowest BCUT2D eigenvalue weighted by Gasteiger charge is -2.12. The molecule has 0 N–H and O–H groups in total. The SMILES string of the molecule is Cc1ccc(C)c(OCc2ccc(C=O)o2)c1C. The maximum atomic E-state index is 10.5. The zero-order valence-corrected chi connectivity index (χ0v) is 10.8. The number of furan rings is 1. The lowest BCUT2D eigenvalue weighted by molar-refractivity contribution is 0.109. The van der Waals surface area contributed by atoms with Crippen molar-refractivity contribution in [2.75, 3.05) is 0 Å². The first-order valence-electron chi connectivity index (χ1n) is 5.85. The average molecular weight is 244 g/mol. The predicted molar refractivity (Wildman–Crippen MR) is 69.1 cm³/mol. The summed E-state index contributed by atoms with van der Waals surface area (Å²) in [5.41, 5.74) is 3.43. The highest BCUT2D eigenvalue weighted by Gasteiger charge is 2.08. The highest BCUT2D eigenvalue weighted by atomic mass is 16.5. The number of ether oxygens (including phenoxy) is 1. The third-order valence-corrected chi connectivity index (χ3v) is 3.03.